The number of benzene rings is 2. The summed E-state index contributed by atoms with van der Waals surface area (Å²) in [6.07, 6.45) is 3.51. The molecule has 1 aromatic heterocycles. The lowest BCUT2D eigenvalue weighted by atomic mass is 10.2. The first-order valence-corrected chi connectivity index (χ1v) is 9.26. The number of nitrogens with zero attached hydrogens (tertiary/aromatic N) is 3. The number of amides is 3. The Kier molecular flexibility index (Phi) is 5.15. The van der Waals surface area contributed by atoms with E-state index in [1.165, 1.54) is 0 Å². The summed E-state index contributed by atoms with van der Waals surface area (Å²) in [4.78, 5) is 26.2. The second-order valence-corrected chi connectivity index (χ2v) is 6.82. The van der Waals surface area contributed by atoms with Gasteiger partial charge in [-0.25, -0.2) is 4.79 Å². The molecule has 2 heterocycles. The van der Waals surface area contributed by atoms with Gasteiger partial charge in [0.15, 0.2) is 0 Å². The van der Waals surface area contributed by atoms with E-state index < -0.39 is 0 Å². The molecule has 8 nitrogen and oxygen atoms in total. The predicted octanol–water partition coefficient (Wildman–Crippen LogP) is 3.14. The SMILES string of the molecule is Cn1cc(NC(=O)N[C@H]2CC(=O)N(c3ccc(Oc4ccccc4)cc3)C2)cn1. The number of carbonyl (C=O) groups is 2. The third kappa shape index (κ3) is 4.55. The summed E-state index contributed by atoms with van der Waals surface area (Å²) in [5.41, 5.74) is 1.37. The molecule has 1 atom stereocenters. The number of para-hydroxylation sites is 1. The van der Waals surface area contributed by atoms with Crippen molar-refractivity contribution < 1.29 is 14.3 Å². The number of hydrogen-bond acceptors (Lipinski definition) is 4. The molecule has 0 bridgehead atoms. The molecule has 0 radical (unpaired) electrons. The topological polar surface area (TPSA) is 88.5 Å². The molecule has 8 heteroatoms. The first kappa shape index (κ1) is 18.5. The Labute approximate surface area is 168 Å². The molecule has 2 aromatic carbocycles. The molecular formula is C21H21N5O3. The Hall–Kier alpha value is -3.81. The van der Waals surface area contributed by atoms with Gasteiger partial charge in [0.1, 0.15) is 11.5 Å². The minimum Gasteiger partial charge on any atom is -0.457 e. The van der Waals surface area contributed by atoms with E-state index in [4.69, 9.17) is 4.74 Å². The summed E-state index contributed by atoms with van der Waals surface area (Å²) in [5, 5.41) is 9.55. The van der Waals surface area contributed by atoms with E-state index in [9.17, 15) is 9.59 Å². The van der Waals surface area contributed by atoms with Gasteiger partial charge in [-0.2, -0.15) is 5.10 Å². The number of aromatic nitrogens is 2. The minimum absolute atomic E-state index is 0.0339. The lowest BCUT2D eigenvalue weighted by molar-refractivity contribution is -0.117. The van der Waals surface area contributed by atoms with E-state index in [0.717, 1.165) is 11.4 Å². The Balaban J connectivity index is 1.34. The maximum Gasteiger partial charge on any atom is 0.319 e. The molecule has 1 fully saturated rings. The largest absolute Gasteiger partial charge is 0.457 e. The highest BCUT2D eigenvalue weighted by Gasteiger charge is 2.31. The number of aryl methyl sites for hydroxylation is 1. The second kappa shape index (κ2) is 8.05. The van der Waals surface area contributed by atoms with Crippen LogP contribution in [-0.2, 0) is 11.8 Å². The zero-order valence-electron chi connectivity index (χ0n) is 15.9. The molecular weight excluding hydrogens is 370 g/mol. The van der Waals surface area contributed by atoms with Gasteiger partial charge in [0.25, 0.3) is 0 Å². The molecule has 3 aromatic rings. The number of urea groups is 1. The van der Waals surface area contributed by atoms with E-state index >= 15 is 0 Å². The molecule has 1 aliphatic heterocycles. The smallest absolute Gasteiger partial charge is 0.319 e. The molecule has 29 heavy (non-hydrogen) atoms. The van der Waals surface area contributed by atoms with E-state index in [2.05, 4.69) is 15.7 Å². The van der Waals surface area contributed by atoms with Crippen molar-refractivity contribution in [2.75, 3.05) is 16.8 Å². The van der Waals surface area contributed by atoms with Gasteiger partial charge in [-0.05, 0) is 36.4 Å². The molecule has 4 rings (SSSR count). The van der Waals surface area contributed by atoms with Crippen molar-refractivity contribution in [1.82, 2.24) is 15.1 Å². The van der Waals surface area contributed by atoms with E-state index in [1.54, 1.807) is 29.0 Å². The molecule has 0 aliphatic carbocycles. The number of anilines is 2. The molecule has 0 unspecified atom stereocenters. The summed E-state index contributed by atoms with van der Waals surface area (Å²) >= 11 is 0. The highest BCUT2D eigenvalue weighted by Crippen LogP contribution is 2.27. The molecule has 1 saturated heterocycles. The third-order valence-corrected chi connectivity index (χ3v) is 4.55. The Morgan fingerprint density at radius 3 is 2.52 bits per heavy atom. The van der Waals surface area contributed by atoms with Crippen molar-refractivity contribution in [3.8, 4) is 11.5 Å². The molecule has 3 amide bonds. The van der Waals surface area contributed by atoms with Crippen molar-refractivity contribution in [1.29, 1.82) is 0 Å². The fraction of sp³-hybridized carbons (Fsp3) is 0.190. The van der Waals surface area contributed by atoms with Crippen LogP contribution in [0.3, 0.4) is 0 Å². The van der Waals surface area contributed by atoms with Crippen LogP contribution in [0.25, 0.3) is 0 Å². The van der Waals surface area contributed by atoms with Crippen molar-refractivity contribution in [3.63, 3.8) is 0 Å². The first-order chi connectivity index (χ1) is 14.1. The van der Waals surface area contributed by atoms with Crippen LogP contribution in [0.2, 0.25) is 0 Å². The molecule has 1 aliphatic rings. The fourth-order valence-electron chi connectivity index (χ4n) is 3.21. The average Bonchev–Trinajstić information content (AvgIpc) is 3.28. The van der Waals surface area contributed by atoms with Gasteiger partial charge in [0.05, 0.1) is 17.9 Å². The predicted molar refractivity (Wildman–Crippen MR) is 109 cm³/mol. The van der Waals surface area contributed by atoms with Crippen LogP contribution in [0.4, 0.5) is 16.2 Å². The van der Waals surface area contributed by atoms with Crippen molar-refractivity contribution in [3.05, 3.63) is 67.0 Å². The van der Waals surface area contributed by atoms with Crippen molar-refractivity contribution in [2.45, 2.75) is 12.5 Å². The standard InChI is InChI=1S/C21H21N5O3/c1-25-13-16(12-22-25)24-21(28)23-15-11-20(27)26(14-15)17-7-9-19(10-8-17)29-18-5-3-2-4-6-18/h2-10,12-13,15H,11,14H2,1H3,(H2,23,24,28)/t15-/m0/s1. The first-order valence-electron chi connectivity index (χ1n) is 9.26. The molecule has 2 N–H and O–H groups in total. The second-order valence-electron chi connectivity index (χ2n) is 6.82. The number of nitrogens with one attached hydrogen (secondary N) is 2. The van der Waals surface area contributed by atoms with Gasteiger partial charge < -0.3 is 20.3 Å². The van der Waals surface area contributed by atoms with Crippen LogP contribution in [0.1, 0.15) is 6.42 Å². The van der Waals surface area contributed by atoms with Crippen LogP contribution in [0, 0.1) is 0 Å². The number of rotatable bonds is 5. The normalized spacial score (nSPS) is 16.0. The third-order valence-electron chi connectivity index (χ3n) is 4.55. The van der Waals surface area contributed by atoms with E-state index in [0.29, 0.717) is 18.0 Å². The monoisotopic (exact) mass is 391 g/mol. The summed E-state index contributed by atoms with van der Waals surface area (Å²) in [7, 11) is 1.77. The quantitative estimate of drug-likeness (QED) is 0.699. The van der Waals surface area contributed by atoms with Crippen LogP contribution in [-0.4, -0.2) is 34.3 Å². The van der Waals surface area contributed by atoms with E-state index in [-0.39, 0.29) is 24.4 Å². The highest BCUT2D eigenvalue weighted by molar-refractivity contribution is 5.97. The maximum atomic E-state index is 12.4. The minimum atomic E-state index is -0.357. The van der Waals surface area contributed by atoms with E-state index in [1.807, 2.05) is 54.6 Å². The van der Waals surface area contributed by atoms with Gasteiger partial charge in [-0.3, -0.25) is 9.48 Å². The highest BCUT2D eigenvalue weighted by atomic mass is 16.5. The lowest BCUT2D eigenvalue weighted by Crippen LogP contribution is -2.39. The van der Waals surface area contributed by atoms with Gasteiger partial charge in [0, 0.05) is 31.9 Å². The Morgan fingerprint density at radius 2 is 1.83 bits per heavy atom. The van der Waals surface area contributed by atoms with Gasteiger partial charge in [-0.1, -0.05) is 18.2 Å². The van der Waals surface area contributed by atoms with Gasteiger partial charge in [-0.15, -0.1) is 0 Å². The molecule has 0 saturated carbocycles. The Bertz CT molecular complexity index is 1000. The summed E-state index contributed by atoms with van der Waals surface area (Å²) in [6, 6.07) is 16.2. The average molecular weight is 391 g/mol. The Morgan fingerprint density at radius 1 is 1.10 bits per heavy atom. The summed E-state index contributed by atoms with van der Waals surface area (Å²) in [5.74, 6) is 1.41. The van der Waals surface area contributed by atoms with Crippen LogP contribution >= 0.6 is 0 Å². The summed E-state index contributed by atoms with van der Waals surface area (Å²) in [6.45, 7) is 0.415. The zero-order valence-corrected chi connectivity index (χ0v) is 15.9. The van der Waals surface area contributed by atoms with Crippen LogP contribution < -0.4 is 20.3 Å². The number of ether oxygens (including phenoxy) is 1. The van der Waals surface area contributed by atoms with Crippen molar-refractivity contribution in [2.24, 2.45) is 7.05 Å². The van der Waals surface area contributed by atoms with Crippen molar-refractivity contribution >= 4 is 23.3 Å². The van der Waals surface area contributed by atoms with Gasteiger partial charge >= 0.3 is 6.03 Å². The van der Waals surface area contributed by atoms with Crippen LogP contribution in [0.15, 0.2) is 67.0 Å². The lowest BCUT2D eigenvalue weighted by Gasteiger charge is -2.18. The number of carbonyl (C=O) groups excluding carboxylic acids is 2. The van der Waals surface area contributed by atoms with Crippen LogP contribution in [0.5, 0.6) is 11.5 Å². The molecule has 148 valence electrons. The zero-order chi connectivity index (χ0) is 20.2. The molecule has 0 spiro atoms. The summed E-state index contributed by atoms with van der Waals surface area (Å²) < 4.78 is 7.38. The maximum absolute atomic E-state index is 12.4. The fourth-order valence-corrected chi connectivity index (χ4v) is 3.21. The number of hydrogen-bond donors (Lipinski definition) is 2. The van der Waals surface area contributed by atoms with Gasteiger partial charge in [0.2, 0.25) is 5.91 Å².